The van der Waals surface area contributed by atoms with Gasteiger partial charge in [0.1, 0.15) is 5.75 Å². The van der Waals surface area contributed by atoms with Crippen molar-refractivity contribution in [1.82, 2.24) is 5.32 Å². The van der Waals surface area contributed by atoms with Crippen molar-refractivity contribution in [3.63, 3.8) is 0 Å². The molecule has 5 N–H and O–H groups in total. The van der Waals surface area contributed by atoms with Gasteiger partial charge in [0, 0.05) is 12.1 Å². The molecule has 0 aromatic heterocycles. The molecule has 0 radical (unpaired) electrons. The molecule has 142 valence electrons. The van der Waals surface area contributed by atoms with E-state index < -0.39 is 5.97 Å². The number of nitrogens with one attached hydrogen (secondary N) is 1. The maximum absolute atomic E-state index is 11.2. The molecule has 0 aliphatic carbocycles. The highest BCUT2D eigenvalue weighted by Crippen LogP contribution is 2.15. The van der Waals surface area contributed by atoms with Crippen molar-refractivity contribution in [1.29, 1.82) is 0 Å². The van der Waals surface area contributed by atoms with Crippen molar-refractivity contribution in [3.8, 4) is 5.75 Å². The van der Waals surface area contributed by atoms with Gasteiger partial charge in [0.2, 0.25) is 0 Å². The summed E-state index contributed by atoms with van der Waals surface area (Å²) in [5.74, 6) is -0.668. The topological polar surface area (TPSA) is 108 Å². The summed E-state index contributed by atoms with van der Waals surface area (Å²) in [6.45, 7) is 0.596. The Morgan fingerprint density at radius 3 is 2.37 bits per heavy atom. The van der Waals surface area contributed by atoms with Crippen LogP contribution in [0.4, 0.5) is 5.69 Å². The summed E-state index contributed by atoms with van der Waals surface area (Å²) in [5.41, 5.74) is 9.06. The first-order valence-electron chi connectivity index (χ1n) is 8.63. The predicted molar refractivity (Wildman–Crippen MR) is 109 cm³/mol. The molecule has 2 aromatic carbocycles. The molecular formula is C20H23N3O3S. The number of aliphatic carboxylic acids is 1. The number of hydrogen-bond donors (Lipinski definition) is 4. The largest absolute Gasteiger partial charge is 0.508 e. The first kappa shape index (κ1) is 20.7. The second-order valence-corrected chi connectivity index (χ2v) is 6.50. The van der Waals surface area contributed by atoms with Crippen LogP contribution in [-0.2, 0) is 17.6 Å². The smallest absolute Gasteiger partial charge is 0.304 e. The number of phenolic OH excluding ortho intramolecular Hbond substituents is 1. The Labute approximate surface area is 163 Å². The van der Waals surface area contributed by atoms with Crippen LogP contribution in [0.1, 0.15) is 17.5 Å². The molecule has 0 saturated carbocycles. The normalized spacial score (nSPS) is 12.8. The van der Waals surface area contributed by atoms with Gasteiger partial charge in [0.05, 0.1) is 17.3 Å². The van der Waals surface area contributed by atoms with Gasteiger partial charge < -0.3 is 21.3 Å². The molecule has 0 heterocycles. The summed E-state index contributed by atoms with van der Waals surface area (Å²) in [6, 6.07) is 13.7. The average molecular weight is 385 g/mol. The molecule has 0 spiro atoms. The molecule has 0 aliphatic rings. The van der Waals surface area contributed by atoms with Crippen LogP contribution in [-0.4, -0.2) is 40.0 Å². The molecule has 0 saturated heterocycles. The van der Waals surface area contributed by atoms with Gasteiger partial charge in [0.25, 0.3) is 0 Å². The zero-order valence-electron chi connectivity index (χ0n) is 14.8. The molecule has 2 rings (SSSR count). The molecule has 2 aromatic rings. The van der Waals surface area contributed by atoms with E-state index in [0.717, 1.165) is 16.8 Å². The number of rotatable bonds is 10. The van der Waals surface area contributed by atoms with Crippen LogP contribution < -0.4 is 11.1 Å². The first-order chi connectivity index (χ1) is 13.0. The summed E-state index contributed by atoms with van der Waals surface area (Å²) in [6.07, 6.45) is 1.21. The van der Waals surface area contributed by atoms with Gasteiger partial charge >= 0.3 is 5.97 Å². The van der Waals surface area contributed by atoms with Crippen molar-refractivity contribution in [2.75, 3.05) is 6.54 Å². The van der Waals surface area contributed by atoms with Crippen LogP contribution >= 0.6 is 12.2 Å². The number of thiocarbonyl (C=S) groups is 1. The SMILES string of the molecule is NC(Cc1ccc(N=C=S)cc1)C(CC(=O)O)NCCc1ccc(O)cc1. The third kappa shape index (κ3) is 7.29. The molecule has 27 heavy (non-hydrogen) atoms. The van der Waals surface area contributed by atoms with Gasteiger partial charge in [-0.1, -0.05) is 24.3 Å². The van der Waals surface area contributed by atoms with Crippen molar-refractivity contribution < 1.29 is 15.0 Å². The van der Waals surface area contributed by atoms with Crippen molar-refractivity contribution in [3.05, 3.63) is 59.7 Å². The summed E-state index contributed by atoms with van der Waals surface area (Å²) in [7, 11) is 0. The third-order valence-corrected chi connectivity index (χ3v) is 4.34. The lowest BCUT2D eigenvalue weighted by molar-refractivity contribution is -0.137. The van der Waals surface area contributed by atoms with E-state index in [-0.39, 0.29) is 24.3 Å². The van der Waals surface area contributed by atoms with Crippen LogP contribution in [0.25, 0.3) is 0 Å². The molecular weight excluding hydrogens is 362 g/mol. The fourth-order valence-corrected chi connectivity index (χ4v) is 2.91. The molecule has 0 aliphatic heterocycles. The number of aromatic hydroxyl groups is 1. The van der Waals surface area contributed by atoms with E-state index >= 15 is 0 Å². The Morgan fingerprint density at radius 1 is 1.15 bits per heavy atom. The number of isothiocyanates is 1. The number of carbonyl (C=O) groups is 1. The minimum atomic E-state index is -0.891. The molecule has 7 heteroatoms. The lowest BCUT2D eigenvalue weighted by Crippen LogP contribution is -2.48. The number of hydrogen-bond acceptors (Lipinski definition) is 6. The maximum atomic E-state index is 11.2. The third-order valence-electron chi connectivity index (χ3n) is 4.25. The highest BCUT2D eigenvalue weighted by Gasteiger charge is 2.20. The summed E-state index contributed by atoms with van der Waals surface area (Å²) in [5, 5.41) is 24.1. The maximum Gasteiger partial charge on any atom is 0.304 e. The number of phenols is 1. The van der Waals surface area contributed by atoms with Gasteiger partial charge in [-0.05, 0) is 67.0 Å². The van der Waals surface area contributed by atoms with E-state index in [1.54, 1.807) is 12.1 Å². The fraction of sp³-hybridized carbons (Fsp3) is 0.300. The fourth-order valence-electron chi connectivity index (χ4n) is 2.80. The van der Waals surface area contributed by atoms with E-state index in [4.69, 9.17) is 5.73 Å². The van der Waals surface area contributed by atoms with Gasteiger partial charge in [-0.25, -0.2) is 0 Å². The first-order valence-corrected chi connectivity index (χ1v) is 9.04. The van der Waals surface area contributed by atoms with Gasteiger partial charge in [-0.3, -0.25) is 4.79 Å². The van der Waals surface area contributed by atoms with E-state index in [1.165, 1.54) is 0 Å². The Morgan fingerprint density at radius 2 is 1.78 bits per heavy atom. The van der Waals surface area contributed by atoms with Gasteiger partial charge in [-0.15, -0.1) is 0 Å². The molecule has 0 fully saturated rings. The quantitative estimate of drug-likeness (QED) is 0.370. The standard InChI is InChI=1S/C20H23N3O3S/c21-18(11-15-1-5-16(6-2-15)23-13-27)19(12-20(25)26)22-10-9-14-3-7-17(24)8-4-14/h1-8,18-19,22,24H,9-12,21H2,(H,25,26). The van der Waals surface area contributed by atoms with Crippen molar-refractivity contribution in [2.24, 2.45) is 10.7 Å². The lowest BCUT2D eigenvalue weighted by atomic mass is 9.97. The summed E-state index contributed by atoms with van der Waals surface area (Å²) >= 11 is 4.58. The molecule has 0 bridgehead atoms. The molecule has 0 amide bonds. The van der Waals surface area contributed by atoms with E-state index in [1.807, 2.05) is 36.4 Å². The monoisotopic (exact) mass is 385 g/mol. The number of nitrogens with two attached hydrogens (primary N) is 1. The van der Waals surface area contributed by atoms with E-state index in [9.17, 15) is 15.0 Å². The number of benzene rings is 2. The molecule has 2 atom stereocenters. The number of nitrogens with zero attached hydrogens (tertiary/aromatic N) is 1. The Balaban J connectivity index is 1.93. The Hall–Kier alpha value is -2.57. The van der Waals surface area contributed by atoms with Crippen LogP contribution in [0, 0.1) is 0 Å². The number of aliphatic imine (C=N–C) groups is 1. The van der Waals surface area contributed by atoms with Crippen LogP contribution in [0.2, 0.25) is 0 Å². The van der Waals surface area contributed by atoms with Gasteiger partial charge in [0.15, 0.2) is 0 Å². The Kier molecular flexibility index (Phi) is 8.10. The van der Waals surface area contributed by atoms with E-state index in [2.05, 4.69) is 27.7 Å². The zero-order chi connectivity index (χ0) is 19.6. The van der Waals surface area contributed by atoms with Crippen LogP contribution in [0.3, 0.4) is 0 Å². The van der Waals surface area contributed by atoms with Crippen molar-refractivity contribution >= 4 is 29.0 Å². The minimum absolute atomic E-state index is 0.0516. The zero-order valence-corrected chi connectivity index (χ0v) is 15.7. The van der Waals surface area contributed by atoms with Crippen molar-refractivity contribution in [2.45, 2.75) is 31.3 Å². The highest BCUT2D eigenvalue weighted by molar-refractivity contribution is 7.78. The number of carboxylic acid groups (broad SMARTS) is 1. The second-order valence-electron chi connectivity index (χ2n) is 6.31. The second kappa shape index (κ2) is 10.5. The van der Waals surface area contributed by atoms with E-state index in [0.29, 0.717) is 19.4 Å². The van der Waals surface area contributed by atoms with Crippen LogP contribution in [0.5, 0.6) is 5.75 Å². The minimum Gasteiger partial charge on any atom is -0.508 e. The predicted octanol–water partition coefficient (Wildman–Crippen LogP) is 2.67. The number of carboxylic acids is 1. The highest BCUT2D eigenvalue weighted by atomic mass is 32.1. The summed E-state index contributed by atoms with van der Waals surface area (Å²) in [4.78, 5) is 15.1. The molecule has 2 unspecified atom stereocenters. The van der Waals surface area contributed by atoms with Gasteiger partial charge in [-0.2, -0.15) is 4.99 Å². The summed E-state index contributed by atoms with van der Waals surface area (Å²) < 4.78 is 0. The average Bonchev–Trinajstić information content (AvgIpc) is 2.64. The molecule has 6 nitrogen and oxygen atoms in total. The van der Waals surface area contributed by atoms with Crippen LogP contribution in [0.15, 0.2) is 53.5 Å². The lowest BCUT2D eigenvalue weighted by Gasteiger charge is -2.24. The Bertz CT molecular complexity index is 787.